The van der Waals surface area contributed by atoms with Crippen LogP contribution in [0.15, 0.2) is 53.2 Å². The van der Waals surface area contributed by atoms with E-state index in [2.05, 4.69) is 20.5 Å². The molecule has 1 aromatic carbocycles. The summed E-state index contributed by atoms with van der Waals surface area (Å²) in [6, 6.07) is 13.3. The molecule has 1 aliphatic heterocycles. The van der Waals surface area contributed by atoms with E-state index in [1.54, 1.807) is 22.4 Å². The normalized spacial score (nSPS) is 13.1. The van der Waals surface area contributed by atoms with Crippen molar-refractivity contribution in [1.29, 1.82) is 0 Å². The van der Waals surface area contributed by atoms with Gasteiger partial charge in [0.2, 0.25) is 0 Å². The highest BCUT2D eigenvalue weighted by molar-refractivity contribution is 7.16. The molecule has 0 unspecified atom stereocenters. The van der Waals surface area contributed by atoms with Crippen LogP contribution in [-0.4, -0.2) is 38.4 Å². The molecule has 0 fully saturated rings. The molecule has 2 N–H and O–H groups in total. The SMILES string of the molecule is O=C(Nc1nc2c(s1)CN(C(=O)c1cc(-c3ccccc3)n[nH]1)CC2)c1ccsc1. The number of aromatic amines is 1. The quantitative estimate of drug-likeness (QED) is 0.506. The van der Waals surface area contributed by atoms with E-state index in [1.807, 2.05) is 35.7 Å². The van der Waals surface area contributed by atoms with Crippen LogP contribution in [0.25, 0.3) is 11.3 Å². The lowest BCUT2D eigenvalue weighted by Crippen LogP contribution is -2.35. The van der Waals surface area contributed by atoms with Crippen LogP contribution in [0.3, 0.4) is 0 Å². The third kappa shape index (κ3) is 3.64. The Bertz CT molecular complexity index is 1200. The fourth-order valence-electron chi connectivity index (χ4n) is 3.34. The second-order valence-electron chi connectivity index (χ2n) is 6.86. The van der Waals surface area contributed by atoms with Gasteiger partial charge in [0.1, 0.15) is 5.69 Å². The van der Waals surface area contributed by atoms with E-state index in [1.165, 1.54) is 22.7 Å². The number of carbonyl (C=O) groups excluding carboxylic acids is 2. The molecule has 7 nitrogen and oxygen atoms in total. The van der Waals surface area contributed by atoms with Crippen LogP contribution in [0.5, 0.6) is 0 Å². The van der Waals surface area contributed by atoms with Gasteiger partial charge in [0.15, 0.2) is 5.13 Å². The van der Waals surface area contributed by atoms with Gasteiger partial charge in [0.25, 0.3) is 11.8 Å². The summed E-state index contributed by atoms with van der Waals surface area (Å²) in [4.78, 5) is 32.5. The fraction of sp³-hybridized carbons (Fsp3) is 0.143. The third-order valence-corrected chi connectivity index (χ3v) is 6.58. The van der Waals surface area contributed by atoms with Gasteiger partial charge in [-0.2, -0.15) is 16.4 Å². The van der Waals surface area contributed by atoms with Crippen molar-refractivity contribution in [3.05, 3.63) is 75.1 Å². The van der Waals surface area contributed by atoms with Gasteiger partial charge in [-0.1, -0.05) is 41.7 Å². The maximum Gasteiger partial charge on any atom is 0.272 e. The van der Waals surface area contributed by atoms with E-state index in [0.29, 0.717) is 35.9 Å². The molecule has 9 heteroatoms. The largest absolute Gasteiger partial charge is 0.332 e. The Labute approximate surface area is 180 Å². The number of nitrogens with one attached hydrogen (secondary N) is 2. The van der Waals surface area contributed by atoms with Crippen molar-refractivity contribution in [2.75, 3.05) is 11.9 Å². The molecule has 3 aromatic heterocycles. The minimum absolute atomic E-state index is 0.0902. The van der Waals surface area contributed by atoms with Crippen molar-refractivity contribution < 1.29 is 9.59 Å². The number of aromatic nitrogens is 3. The Kier molecular flexibility index (Phi) is 4.89. The zero-order chi connectivity index (χ0) is 20.5. The van der Waals surface area contributed by atoms with Crippen LogP contribution in [0.2, 0.25) is 0 Å². The first-order valence-corrected chi connectivity index (χ1v) is 11.2. The summed E-state index contributed by atoms with van der Waals surface area (Å²) in [6.45, 7) is 1.05. The lowest BCUT2D eigenvalue weighted by molar-refractivity contribution is 0.0730. The lowest BCUT2D eigenvalue weighted by Gasteiger charge is -2.25. The molecule has 2 amide bonds. The number of carbonyl (C=O) groups is 2. The first-order valence-electron chi connectivity index (χ1n) is 9.39. The summed E-state index contributed by atoms with van der Waals surface area (Å²) in [5, 5.41) is 14.2. The Balaban J connectivity index is 1.29. The van der Waals surface area contributed by atoms with Gasteiger partial charge >= 0.3 is 0 Å². The van der Waals surface area contributed by atoms with Crippen molar-refractivity contribution in [1.82, 2.24) is 20.1 Å². The predicted molar refractivity (Wildman–Crippen MR) is 117 cm³/mol. The number of thiophene rings is 1. The maximum atomic E-state index is 13.0. The highest BCUT2D eigenvalue weighted by Gasteiger charge is 2.26. The average Bonchev–Trinajstić information content (AvgIpc) is 3.53. The van der Waals surface area contributed by atoms with Gasteiger partial charge in [0, 0.05) is 28.8 Å². The molecule has 0 bridgehead atoms. The van der Waals surface area contributed by atoms with Crippen LogP contribution in [-0.2, 0) is 13.0 Å². The number of amides is 2. The number of nitrogens with zero attached hydrogens (tertiary/aromatic N) is 3. The van der Waals surface area contributed by atoms with Crippen LogP contribution >= 0.6 is 22.7 Å². The summed E-state index contributed by atoms with van der Waals surface area (Å²) in [7, 11) is 0. The summed E-state index contributed by atoms with van der Waals surface area (Å²) in [5.41, 5.74) is 3.74. The van der Waals surface area contributed by atoms with E-state index >= 15 is 0 Å². The molecule has 4 heterocycles. The molecule has 5 rings (SSSR count). The minimum atomic E-state index is -0.166. The number of hydrogen-bond donors (Lipinski definition) is 2. The number of fused-ring (bicyclic) bond motifs is 1. The van der Waals surface area contributed by atoms with Gasteiger partial charge in [-0.25, -0.2) is 4.98 Å². The molecule has 1 aliphatic rings. The number of anilines is 1. The smallest absolute Gasteiger partial charge is 0.272 e. The molecule has 0 spiro atoms. The standard InChI is InChI=1S/C21H17N5O2S2/c27-19(14-7-9-29-12-14)23-21-22-15-6-8-26(11-18(15)30-21)20(28)17-10-16(24-25-17)13-4-2-1-3-5-13/h1-5,7,9-10,12H,6,8,11H2,(H,24,25)(H,22,23,27). The molecule has 30 heavy (non-hydrogen) atoms. The number of benzene rings is 1. The topological polar surface area (TPSA) is 91.0 Å². The van der Waals surface area contributed by atoms with Crippen molar-refractivity contribution in [3.8, 4) is 11.3 Å². The zero-order valence-electron chi connectivity index (χ0n) is 15.8. The van der Waals surface area contributed by atoms with E-state index in [0.717, 1.165) is 21.8 Å². The summed E-state index contributed by atoms with van der Waals surface area (Å²) >= 11 is 2.90. The number of H-pyrrole nitrogens is 1. The van der Waals surface area contributed by atoms with Crippen LogP contribution in [0, 0.1) is 0 Å². The second kappa shape index (κ2) is 7.85. The van der Waals surface area contributed by atoms with Crippen LogP contribution in [0.4, 0.5) is 5.13 Å². The van der Waals surface area contributed by atoms with Crippen LogP contribution < -0.4 is 5.32 Å². The third-order valence-electron chi connectivity index (χ3n) is 4.90. The molecule has 150 valence electrons. The predicted octanol–water partition coefficient (Wildman–Crippen LogP) is 4.05. The average molecular weight is 436 g/mol. The van der Waals surface area contributed by atoms with Gasteiger partial charge in [-0.15, -0.1) is 0 Å². The molecule has 0 atom stereocenters. The molecule has 0 aliphatic carbocycles. The summed E-state index contributed by atoms with van der Waals surface area (Å²) < 4.78 is 0. The van der Waals surface area contributed by atoms with Gasteiger partial charge in [0.05, 0.1) is 23.5 Å². The Morgan fingerprint density at radius 1 is 1.17 bits per heavy atom. The van der Waals surface area contributed by atoms with E-state index in [9.17, 15) is 9.59 Å². The number of rotatable bonds is 4. The van der Waals surface area contributed by atoms with Crippen molar-refractivity contribution in [2.45, 2.75) is 13.0 Å². The first-order chi connectivity index (χ1) is 14.7. The molecule has 0 radical (unpaired) electrons. The first kappa shape index (κ1) is 18.7. The highest BCUT2D eigenvalue weighted by atomic mass is 32.1. The number of thiazole rings is 1. The Morgan fingerprint density at radius 3 is 2.83 bits per heavy atom. The second-order valence-corrected chi connectivity index (χ2v) is 8.73. The molecule has 0 saturated carbocycles. The van der Waals surface area contributed by atoms with Crippen molar-refractivity contribution in [2.24, 2.45) is 0 Å². The van der Waals surface area contributed by atoms with E-state index in [-0.39, 0.29) is 11.8 Å². The zero-order valence-corrected chi connectivity index (χ0v) is 17.4. The van der Waals surface area contributed by atoms with Crippen molar-refractivity contribution >= 4 is 39.6 Å². The van der Waals surface area contributed by atoms with Crippen LogP contribution in [0.1, 0.15) is 31.4 Å². The molecular formula is C21H17N5O2S2. The minimum Gasteiger partial charge on any atom is -0.332 e. The van der Waals surface area contributed by atoms with Gasteiger partial charge in [-0.3, -0.25) is 20.0 Å². The van der Waals surface area contributed by atoms with Gasteiger partial charge in [-0.05, 0) is 17.5 Å². The molecular weight excluding hydrogens is 418 g/mol. The van der Waals surface area contributed by atoms with E-state index in [4.69, 9.17) is 0 Å². The summed E-state index contributed by atoms with van der Waals surface area (Å²) in [6.07, 6.45) is 0.658. The van der Waals surface area contributed by atoms with E-state index < -0.39 is 0 Å². The Morgan fingerprint density at radius 2 is 2.03 bits per heavy atom. The monoisotopic (exact) mass is 435 g/mol. The maximum absolute atomic E-state index is 13.0. The van der Waals surface area contributed by atoms with Gasteiger partial charge < -0.3 is 4.90 Å². The molecule has 4 aromatic rings. The fourth-order valence-corrected chi connectivity index (χ4v) is 5.00. The van der Waals surface area contributed by atoms with Crippen molar-refractivity contribution in [3.63, 3.8) is 0 Å². The lowest BCUT2D eigenvalue weighted by atomic mass is 10.1. The molecule has 0 saturated heterocycles. The summed E-state index contributed by atoms with van der Waals surface area (Å²) in [5.74, 6) is -0.256. The Hall–Kier alpha value is -3.30. The number of hydrogen-bond acceptors (Lipinski definition) is 6. The highest BCUT2D eigenvalue weighted by Crippen LogP contribution is 2.29.